The summed E-state index contributed by atoms with van der Waals surface area (Å²) in [5.74, 6) is 0. The number of pyridine rings is 1. The summed E-state index contributed by atoms with van der Waals surface area (Å²) >= 11 is 6.28. The summed E-state index contributed by atoms with van der Waals surface area (Å²) in [4.78, 5) is 4.63. The Balaban J connectivity index is 1.94. The lowest BCUT2D eigenvalue weighted by atomic mass is 10.1. The topological polar surface area (TPSA) is 30.7 Å². The molecule has 0 aliphatic heterocycles. The van der Waals surface area contributed by atoms with Crippen LogP contribution in [0, 0.1) is 0 Å². The van der Waals surface area contributed by atoms with Gasteiger partial charge in [0, 0.05) is 27.6 Å². The first kappa shape index (κ1) is 15.1. The fraction of sp³-hybridized carbons (Fsp3) is 0. The van der Waals surface area contributed by atoms with Crippen molar-refractivity contribution in [2.45, 2.75) is 0 Å². The summed E-state index contributed by atoms with van der Waals surface area (Å²) in [6.07, 6.45) is 1.90. The van der Waals surface area contributed by atoms with Crippen molar-refractivity contribution in [2.75, 3.05) is 0 Å². The molecule has 0 aliphatic rings. The largest absolute Gasteiger partial charge is 0.255 e. The Morgan fingerprint density at radius 2 is 1.50 bits per heavy atom. The van der Waals surface area contributed by atoms with E-state index in [9.17, 15) is 0 Å². The number of rotatable bonds is 2. The van der Waals surface area contributed by atoms with E-state index in [4.69, 9.17) is 16.7 Å². The molecule has 5 rings (SSSR count). The predicted octanol–water partition coefficient (Wildman–Crippen LogP) is 5.89. The summed E-state index contributed by atoms with van der Waals surface area (Å²) in [7, 11) is 0. The molecular weight excluding hydrogens is 342 g/mol. The second-order valence-corrected chi connectivity index (χ2v) is 6.58. The molecule has 4 heteroatoms. The van der Waals surface area contributed by atoms with E-state index in [1.807, 2.05) is 65.5 Å². The minimum absolute atomic E-state index is 0.689. The lowest BCUT2D eigenvalue weighted by molar-refractivity contribution is 0.918. The Morgan fingerprint density at radius 3 is 2.27 bits per heavy atom. The molecule has 3 aromatic carbocycles. The first-order chi connectivity index (χ1) is 12.8. The highest BCUT2D eigenvalue weighted by atomic mass is 35.5. The number of fused-ring (bicyclic) bond motifs is 3. The van der Waals surface area contributed by atoms with E-state index in [1.54, 1.807) is 0 Å². The number of aromatic nitrogens is 3. The van der Waals surface area contributed by atoms with Crippen LogP contribution in [-0.4, -0.2) is 14.8 Å². The van der Waals surface area contributed by atoms with E-state index in [1.165, 1.54) is 0 Å². The number of halogens is 1. The van der Waals surface area contributed by atoms with Gasteiger partial charge in [-0.2, -0.15) is 5.10 Å². The van der Waals surface area contributed by atoms with Crippen LogP contribution in [0.3, 0.4) is 0 Å². The van der Waals surface area contributed by atoms with Gasteiger partial charge < -0.3 is 0 Å². The predicted molar refractivity (Wildman–Crippen MR) is 107 cm³/mol. The third-order valence-electron chi connectivity index (χ3n) is 4.52. The first-order valence-corrected chi connectivity index (χ1v) is 8.77. The van der Waals surface area contributed by atoms with Gasteiger partial charge >= 0.3 is 0 Å². The second kappa shape index (κ2) is 5.97. The smallest absolute Gasteiger partial charge is 0.102 e. The van der Waals surface area contributed by atoms with Crippen molar-refractivity contribution < 1.29 is 0 Å². The van der Waals surface area contributed by atoms with Gasteiger partial charge in [0.25, 0.3) is 0 Å². The van der Waals surface area contributed by atoms with E-state index >= 15 is 0 Å². The van der Waals surface area contributed by atoms with Gasteiger partial charge in [0.05, 0.1) is 16.7 Å². The van der Waals surface area contributed by atoms with Gasteiger partial charge in [-0.05, 0) is 30.3 Å². The molecule has 26 heavy (non-hydrogen) atoms. The van der Waals surface area contributed by atoms with Crippen LogP contribution >= 0.6 is 11.6 Å². The molecule has 5 aromatic rings. The maximum atomic E-state index is 6.28. The molecule has 0 bridgehead atoms. The molecule has 3 nitrogen and oxygen atoms in total. The van der Waals surface area contributed by atoms with Crippen LogP contribution in [0.25, 0.3) is 38.8 Å². The minimum Gasteiger partial charge on any atom is -0.255 e. The zero-order chi connectivity index (χ0) is 17.5. The van der Waals surface area contributed by atoms with Gasteiger partial charge in [-0.1, -0.05) is 60.1 Å². The molecule has 0 aliphatic carbocycles. The number of nitrogens with zero attached hydrogens (tertiary/aromatic N) is 3. The van der Waals surface area contributed by atoms with Crippen LogP contribution in [0.1, 0.15) is 0 Å². The molecule has 124 valence electrons. The number of hydrogen-bond acceptors (Lipinski definition) is 2. The summed E-state index contributed by atoms with van der Waals surface area (Å²) in [5.41, 5.74) is 4.91. The second-order valence-electron chi connectivity index (χ2n) is 6.14. The summed E-state index contributed by atoms with van der Waals surface area (Å²) in [5, 5.41) is 7.64. The summed E-state index contributed by atoms with van der Waals surface area (Å²) < 4.78 is 1.98. The van der Waals surface area contributed by atoms with Crippen LogP contribution in [-0.2, 0) is 0 Å². The van der Waals surface area contributed by atoms with E-state index < -0.39 is 0 Å². The molecule has 0 N–H and O–H groups in total. The standard InChI is InChI=1S/C22H14ClN3/c23-16-11-12-20-18(13-16)22-19(14-24-20)21(15-7-3-1-4-8-15)25-26(22)17-9-5-2-6-10-17/h1-14H. The number of para-hydroxylation sites is 1. The highest BCUT2D eigenvalue weighted by Gasteiger charge is 2.17. The Kier molecular flexibility index (Phi) is 3.47. The average molecular weight is 356 g/mol. The monoisotopic (exact) mass is 355 g/mol. The van der Waals surface area contributed by atoms with Crippen molar-refractivity contribution in [2.24, 2.45) is 0 Å². The first-order valence-electron chi connectivity index (χ1n) is 8.39. The van der Waals surface area contributed by atoms with E-state index in [-0.39, 0.29) is 0 Å². The molecule has 0 amide bonds. The Labute approximate surface area is 155 Å². The quantitative estimate of drug-likeness (QED) is 0.395. The average Bonchev–Trinajstić information content (AvgIpc) is 3.09. The maximum Gasteiger partial charge on any atom is 0.102 e. The SMILES string of the molecule is Clc1ccc2ncc3c(-c4ccccc4)nn(-c4ccccc4)c3c2c1. The van der Waals surface area contributed by atoms with Crippen LogP contribution in [0.5, 0.6) is 0 Å². The maximum absolute atomic E-state index is 6.28. The summed E-state index contributed by atoms with van der Waals surface area (Å²) in [6, 6.07) is 26.1. The lowest BCUT2D eigenvalue weighted by Gasteiger charge is -2.06. The van der Waals surface area contributed by atoms with E-state index in [0.717, 1.165) is 38.8 Å². The van der Waals surface area contributed by atoms with Crippen molar-refractivity contribution in [3.05, 3.63) is 90.1 Å². The zero-order valence-electron chi connectivity index (χ0n) is 13.8. The van der Waals surface area contributed by atoms with Crippen molar-refractivity contribution in [1.82, 2.24) is 14.8 Å². The van der Waals surface area contributed by atoms with Gasteiger partial charge in [0.15, 0.2) is 0 Å². The molecule has 2 heterocycles. The van der Waals surface area contributed by atoms with Gasteiger partial charge in [-0.15, -0.1) is 0 Å². The van der Waals surface area contributed by atoms with Gasteiger partial charge in [0.1, 0.15) is 5.69 Å². The van der Waals surface area contributed by atoms with E-state index in [0.29, 0.717) is 5.02 Å². The molecular formula is C22H14ClN3. The Bertz CT molecular complexity index is 1230. The molecule has 0 unspecified atom stereocenters. The van der Waals surface area contributed by atoms with Crippen molar-refractivity contribution in [3.8, 4) is 16.9 Å². The van der Waals surface area contributed by atoms with Crippen molar-refractivity contribution in [1.29, 1.82) is 0 Å². The van der Waals surface area contributed by atoms with Gasteiger partial charge in [-0.25, -0.2) is 4.68 Å². The Hall–Kier alpha value is -3.17. The molecule has 0 saturated carbocycles. The minimum atomic E-state index is 0.689. The molecule has 0 atom stereocenters. The van der Waals surface area contributed by atoms with Crippen LogP contribution in [0.4, 0.5) is 0 Å². The highest BCUT2D eigenvalue weighted by Crippen LogP contribution is 2.34. The fourth-order valence-electron chi connectivity index (χ4n) is 3.32. The zero-order valence-corrected chi connectivity index (χ0v) is 14.6. The van der Waals surface area contributed by atoms with Crippen LogP contribution in [0.2, 0.25) is 5.02 Å². The van der Waals surface area contributed by atoms with Crippen molar-refractivity contribution >= 4 is 33.4 Å². The molecule has 0 fully saturated rings. The third-order valence-corrected chi connectivity index (χ3v) is 4.75. The lowest BCUT2D eigenvalue weighted by Crippen LogP contribution is -1.96. The van der Waals surface area contributed by atoms with Crippen LogP contribution < -0.4 is 0 Å². The molecule has 0 radical (unpaired) electrons. The normalized spacial score (nSPS) is 11.3. The van der Waals surface area contributed by atoms with Gasteiger partial charge in [0.2, 0.25) is 0 Å². The van der Waals surface area contributed by atoms with Crippen molar-refractivity contribution in [3.63, 3.8) is 0 Å². The third kappa shape index (κ3) is 2.37. The molecule has 2 aromatic heterocycles. The van der Waals surface area contributed by atoms with Gasteiger partial charge in [-0.3, -0.25) is 4.98 Å². The highest BCUT2D eigenvalue weighted by molar-refractivity contribution is 6.31. The number of benzene rings is 3. The van der Waals surface area contributed by atoms with E-state index in [2.05, 4.69) is 29.2 Å². The number of hydrogen-bond donors (Lipinski definition) is 0. The Morgan fingerprint density at radius 1 is 0.769 bits per heavy atom. The fourth-order valence-corrected chi connectivity index (χ4v) is 3.49. The molecule has 0 saturated heterocycles. The molecule has 0 spiro atoms. The summed E-state index contributed by atoms with van der Waals surface area (Å²) in [6.45, 7) is 0. The van der Waals surface area contributed by atoms with Crippen LogP contribution in [0.15, 0.2) is 85.1 Å².